The fourth-order valence-electron chi connectivity index (χ4n) is 12.3. The molecule has 3 aromatic carbocycles. The third-order valence-corrected chi connectivity index (χ3v) is 15.4. The zero-order chi connectivity index (χ0) is 47.2. The van der Waals surface area contributed by atoms with Crippen LogP contribution >= 0.6 is 0 Å². The maximum Gasteiger partial charge on any atom is 0.412 e. The number of esters is 2. The quantitative estimate of drug-likeness (QED) is 0.111. The summed E-state index contributed by atoms with van der Waals surface area (Å²) in [6.45, 7) is 14.4. The minimum absolute atomic E-state index is 0.193. The van der Waals surface area contributed by atoms with E-state index in [-0.39, 0.29) is 31.3 Å². The third-order valence-electron chi connectivity index (χ3n) is 15.4. The average Bonchev–Trinajstić information content (AvgIpc) is 3.96. The first-order valence-corrected chi connectivity index (χ1v) is 22.2. The fourth-order valence-corrected chi connectivity index (χ4v) is 12.3. The monoisotopic (exact) mass is 885 g/mol. The Balaban J connectivity index is 1.40. The van der Waals surface area contributed by atoms with Gasteiger partial charge in [0.05, 0.1) is 12.1 Å². The van der Waals surface area contributed by atoms with E-state index >= 15 is 0 Å². The lowest BCUT2D eigenvalue weighted by molar-refractivity contribution is -0.167. The molecule has 1 aromatic heterocycles. The summed E-state index contributed by atoms with van der Waals surface area (Å²) in [5.41, 5.74) is 24.9. The normalized spacial score (nSPS) is 24.6. The van der Waals surface area contributed by atoms with Gasteiger partial charge in [-0.05, 0) is 109 Å². The van der Waals surface area contributed by atoms with Gasteiger partial charge in [-0.3, -0.25) is 19.4 Å². The van der Waals surface area contributed by atoms with Crippen LogP contribution in [0.5, 0.6) is 0 Å². The van der Waals surface area contributed by atoms with Crippen LogP contribution in [0.15, 0.2) is 72.8 Å². The highest BCUT2D eigenvalue weighted by Crippen LogP contribution is 2.55. The summed E-state index contributed by atoms with van der Waals surface area (Å²) in [7, 11) is 0. The Labute approximate surface area is 378 Å². The Morgan fingerprint density at radius 1 is 0.585 bits per heavy atom. The van der Waals surface area contributed by atoms with Crippen LogP contribution in [0.1, 0.15) is 123 Å². The lowest BCUT2D eigenvalue weighted by Gasteiger charge is -2.53. The third kappa shape index (κ3) is 6.51. The fraction of sp³-hybridized carbons (Fsp3) is 0.440. The molecule has 2 fully saturated rings. The zero-order valence-corrected chi connectivity index (χ0v) is 38.2. The first-order valence-electron chi connectivity index (χ1n) is 22.2. The van der Waals surface area contributed by atoms with Crippen molar-refractivity contribution in [1.29, 1.82) is 0 Å². The molecule has 4 bridgehead atoms. The molecule has 342 valence electrons. The van der Waals surface area contributed by atoms with Crippen LogP contribution in [0, 0.1) is 13.8 Å². The van der Waals surface area contributed by atoms with Gasteiger partial charge in [0.1, 0.15) is 0 Å². The minimum Gasteiger partial charge on any atom is -0.375 e. The van der Waals surface area contributed by atoms with Crippen molar-refractivity contribution in [2.75, 3.05) is 13.1 Å². The maximum absolute atomic E-state index is 14.8. The number of fused-ring (bicyclic) bond motifs is 6. The Morgan fingerprint density at radius 3 is 1.25 bits per heavy atom. The van der Waals surface area contributed by atoms with E-state index in [1.54, 1.807) is 23.6 Å². The molecule has 6 atom stereocenters. The number of hydrogen-bond donors (Lipinski definition) is 4. The number of nitrogens with zero attached hydrogens (tertiary/aromatic N) is 3. The average molecular weight is 886 g/mol. The molecule has 3 heterocycles. The standard InChI is InChI=1S/C50H59N7O8/c1-28-29(2)39(37-11-9-25-56(37)50(41(52)59,43(61)65-45(54)63)48(7)27-31-14-18-34(48)19-15-31)57(35-22-20-32(21-23-35)46(3,4)5)38(28)36-10-8-24-55(36)49(40(51)58,42(60)64-44(53)62)47(6)26-30-12-16-33(47)17-13-30/h12-23,36-37H,8-11,24-27H2,1-7H3,(H2,51,58)(H2,52,59)(H2,53,62)(H2,54,63)/t36?,37?,47?,48?,49-,50-/m0/s1. The van der Waals surface area contributed by atoms with Gasteiger partial charge in [-0.2, -0.15) is 0 Å². The molecule has 0 radical (unpaired) electrons. The van der Waals surface area contributed by atoms with Gasteiger partial charge < -0.3 is 37.0 Å². The van der Waals surface area contributed by atoms with Gasteiger partial charge in [0.15, 0.2) is 0 Å². The van der Waals surface area contributed by atoms with Gasteiger partial charge in [0.2, 0.25) is 11.1 Å². The lowest BCUT2D eigenvalue weighted by atomic mass is 9.59. The molecule has 65 heavy (non-hydrogen) atoms. The van der Waals surface area contributed by atoms with E-state index < -0.39 is 69.9 Å². The van der Waals surface area contributed by atoms with Crippen LogP contribution in [0.25, 0.3) is 5.69 Å². The maximum atomic E-state index is 14.8. The summed E-state index contributed by atoms with van der Waals surface area (Å²) in [5, 5.41) is 0. The second kappa shape index (κ2) is 15.7. The molecule has 15 nitrogen and oxygen atoms in total. The number of carbonyl (C=O) groups excluding carboxylic acids is 6. The summed E-state index contributed by atoms with van der Waals surface area (Å²) < 4.78 is 12.6. The van der Waals surface area contributed by atoms with Crippen LogP contribution in [-0.2, 0) is 57.7 Å². The number of benzene rings is 3. The van der Waals surface area contributed by atoms with Gasteiger partial charge in [0.25, 0.3) is 11.8 Å². The van der Waals surface area contributed by atoms with Crippen molar-refractivity contribution in [2.45, 2.75) is 126 Å². The number of amides is 4. The minimum atomic E-state index is -2.23. The van der Waals surface area contributed by atoms with Crippen LogP contribution in [0.4, 0.5) is 9.59 Å². The summed E-state index contributed by atoms with van der Waals surface area (Å²) in [6.07, 6.45) is -0.213. The highest BCUT2D eigenvalue weighted by Gasteiger charge is 2.69. The number of nitrogens with two attached hydrogens (primary N) is 4. The first kappa shape index (κ1) is 45.3. The van der Waals surface area contributed by atoms with Crippen LogP contribution in [-0.4, -0.2) is 74.5 Å². The topological polar surface area (TPSA) is 236 Å². The van der Waals surface area contributed by atoms with Crippen molar-refractivity contribution in [3.05, 3.63) is 123 Å². The molecule has 0 spiro atoms. The number of rotatable bonds is 11. The molecule has 4 unspecified atom stereocenters. The summed E-state index contributed by atoms with van der Waals surface area (Å²) in [5.74, 6) is -4.30. The van der Waals surface area contributed by atoms with Crippen molar-refractivity contribution in [1.82, 2.24) is 14.4 Å². The van der Waals surface area contributed by atoms with Crippen LogP contribution in [0.3, 0.4) is 0 Å². The largest absolute Gasteiger partial charge is 0.412 e. The Hall–Kier alpha value is -6.32. The molecule has 6 aliphatic rings. The molecule has 15 heteroatoms. The number of aromatic nitrogens is 1. The van der Waals surface area contributed by atoms with Crippen molar-refractivity contribution in [3.8, 4) is 5.69 Å². The Bertz CT molecular complexity index is 2480. The van der Waals surface area contributed by atoms with E-state index in [0.717, 1.165) is 44.9 Å². The van der Waals surface area contributed by atoms with Gasteiger partial charge in [-0.25, -0.2) is 19.2 Å². The van der Waals surface area contributed by atoms with E-state index in [2.05, 4.69) is 37.5 Å². The molecular formula is C50H59N7O8. The van der Waals surface area contributed by atoms with E-state index in [4.69, 9.17) is 32.4 Å². The molecule has 10 rings (SSSR count). The molecule has 0 saturated carbocycles. The molecule has 2 aliphatic heterocycles. The number of ether oxygens (including phenoxy) is 2. The molecule has 4 amide bonds. The van der Waals surface area contributed by atoms with Gasteiger partial charge in [0, 0.05) is 41.0 Å². The first-order chi connectivity index (χ1) is 30.5. The lowest BCUT2D eigenvalue weighted by Crippen LogP contribution is -2.74. The van der Waals surface area contributed by atoms with E-state index in [1.807, 2.05) is 74.5 Å². The molecule has 2 saturated heterocycles. The Morgan fingerprint density at radius 2 is 0.954 bits per heavy atom. The van der Waals surface area contributed by atoms with E-state index in [9.17, 15) is 28.8 Å². The zero-order valence-electron chi connectivity index (χ0n) is 38.2. The number of carbonyl (C=O) groups is 6. The molecule has 4 aromatic rings. The second-order valence-electron chi connectivity index (χ2n) is 19.8. The van der Waals surface area contributed by atoms with Gasteiger partial charge in [-0.1, -0.05) is 95.3 Å². The van der Waals surface area contributed by atoms with E-state index in [1.165, 1.54) is 0 Å². The number of primary amides is 4. The highest BCUT2D eigenvalue weighted by molar-refractivity contribution is 6.12. The van der Waals surface area contributed by atoms with Crippen LogP contribution < -0.4 is 22.9 Å². The summed E-state index contributed by atoms with van der Waals surface area (Å²) in [6, 6.07) is 21.9. The van der Waals surface area contributed by atoms with E-state index in [0.29, 0.717) is 36.8 Å². The summed E-state index contributed by atoms with van der Waals surface area (Å²) in [4.78, 5) is 87.3. The van der Waals surface area contributed by atoms with Crippen molar-refractivity contribution in [2.24, 2.45) is 22.9 Å². The predicted octanol–water partition coefficient (Wildman–Crippen LogP) is 5.39. The molecular weight excluding hydrogens is 827 g/mol. The highest BCUT2D eigenvalue weighted by atomic mass is 16.6. The SMILES string of the molecule is Cc1c(C)c(C2CCCN2[C@@](C(N)=O)(C(=O)OC(N)=O)C2(C)Cc3ccc2cc3)n(-c2ccc(C(C)(C)C)cc2)c1C1CCCN1[C@@](C(N)=O)(C(=O)OC(N)=O)C1(C)Cc2ccc1cc2. The number of likely N-dealkylation sites (tertiary alicyclic amines) is 2. The Kier molecular flexibility index (Phi) is 10.9. The predicted molar refractivity (Wildman–Crippen MR) is 242 cm³/mol. The molecule has 4 aliphatic carbocycles. The van der Waals surface area contributed by atoms with Gasteiger partial charge >= 0.3 is 24.1 Å². The van der Waals surface area contributed by atoms with Gasteiger partial charge in [-0.15, -0.1) is 0 Å². The van der Waals surface area contributed by atoms with Crippen molar-refractivity contribution >= 4 is 35.9 Å². The van der Waals surface area contributed by atoms with Crippen molar-refractivity contribution in [3.63, 3.8) is 0 Å². The summed E-state index contributed by atoms with van der Waals surface area (Å²) >= 11 is 0. The number of hydrogen-bond acceptors (Lipinski definition) is 10. The van der Waals surface area contributed by atoms with Crippen molar-refractivity contribution < 1.29 is 38.2 Å². The van der Waals surface area contributed by atoms with Crippen LogP contribution in [0.2, 0.25) is 0 Å². The molecule has 8 N–H and O–H groups in total. The smallest absolute Gasteiger partial charge is 0.375 e. The second-order valence-corrected chi connectivity index (χ2v) is 19.8.